The fourth-order valence-corrected chi connectivity index (χ4v) is 8.66. The second-order valence-electron chi connectivity index (χ2n) is 16.6. The van der Waals surface area contributed by atoms with Crippen LogP contribution >= 0.6 is 0 Å². The lowest BCUT2D eigenvalue weighted by atomic mass is 9.73. The molecule has 0 saturated carbocycles. The molecule has 3 aliphatic rings. The number of aliphatic hydroxyl groups is 6. The van der Waals surface area contributed by atoms with Gasteiger partial charge in [-0.15, -0.1) is 0 Å². The van der Waals surface area contributed by atoms with Crippen molar-refractivity contribution in [3.8, 4) is 0 Å². The summed E-state index contributed by atoms with van der Waals surface area (Å²) in [6, 6.07) is -0.363. The molecule has 0 aliphatic carbocycles. The number of ether oxygens (including phenoxy) is 6. The van der Waals surface area contributed by atoms with Crippen LogP contribution in [0.4, 0.5) is 0 Å². The zero-order chi connectivity index (χ0) is 40.4. The number of carbonyl (C=O) groups is 1. The van der Waals surface area contributed by atoms with Crippen LogP contribution in [0.25, 0.3) is 0 Å². The number of hydrogen-bond acceptors (Lipinski definition) is 16. The first-order valence-electron chi connectivity index (χ1n) is 18.9. The summed E-state index contributed by atoms with van der Waals surface area (Å²) in [5.41, 5.74) is -4.94. The first-order valence-corrected chi connectivity index (χ1v) is 18.9. The van der Waals surface area contributed by atoms with E-state index in [4.69, 9.17) is 28.4 Å². The number of aliphatic hydroxyl groups excluding tert-OH is 4. The lowest BCUT2D eigenvalue weighted by Crippen LogP contribution is -2.61. The molecule has 18 atom stereocenters. The van der Waals surface area contributed by atoms with Crippen molar-refractivity contribution >= 4 is 11.7 Å². The van der Waals surface area contributed by atoms with Crippen LogP contribution in [0.3, 0.4) is 0 Å². The van der Waals surface area contributed by atoms with Crippen molar-refractivity contribution in [2.75, 3.05) is 27.8 Å². The van der Waals surface area contributed by atoms with Gasteiger partial charge in [0.05, 0.1) is 54.0 Å². The summed E-state index contributed by atoms with van der Waals surface area (Å²) in [7, 11) is 5.11. The maximum atomic E-state index is 14.2. The Hall–Kier alpha value is -1.54. The number of hydrogen-bond donors (Lipinski definition) is 7. The molecule has 0 aromatic rings. The van der Waals surface area contributed by atoms with E-state index in [1.54, 1.807) is 41.5 Å². The van der Waals surface area contributed by atoms with Gasteiger partial charge in [0.25, 0.3) is 0 Å². The molecule has 3 aliphatic heterocycles. The molecular formula is C37H68N2O14. The molecule has 310 valence electrons. The van der Waals surface area contributed by atoms with Gasteiger partial charge in [-0.2, -0.15) is 0 Å². The first-order chi connectivity index (χ1) is 24.5. The Morgan fingerprint density at radius 1 is 0.962 bits per heavy atom. The number of esters is 1. The van der Waals surface area contributed by atoms with Crippen LogP contribution in [0.15, 0.2) is 5.16 Å². The highest BCUT2D eigenvalue weighted by Crippen LogP contribution is 2.41. The smallest absolute Gasteiger partial charge is 0.314 e. The van der Waals surface area contributed by atoms with Crippen LogP contribution in [-0.4, -0.2) is 164 Å². The third kappa shape index (κ3) is 9.89. The second kappa shape index (κ2) is 18.2. The monoisotopic (exact) mass is 764 g/mol. The van der Waals surface area contributed by atoms with E-state index >= 15 is 0 Å². The predicted molar refractivity (Wildman–Crippen MR) is 192 cm³/mol. The molecular weight excluding hydrogens is 696 g/mol. The first kappa shape index (κ1) is 45.8. The third-order valence-electron chi connectivity index (χ3n) is 12.0. The Balaban J connectivity index is 2.25. The fraction of sp³-hybridized carbons (Fsp3) is 0.946. The highest BCUT2D eigenvalue weighted by Gasteiger charge is 2.54. The van der Waals surface area contributed by atoms with Crippen LogP contribution in [-0.2, 0) is 33.2 Å². The number of nitrogens with zero attached hydrogens (tertiary/aromatic N) is 2. The van der Waals surface area contributed by atoms with Crippen molar-refractivity contribution in [3.63, 3.8) is 0 Å². The molecule has 0 bridgehead atoms. The van der Waals surface area contributed by atoms with Gasteiger partial charge in [-0.05, 0) is 68.0 Å². The van der Waals surface area contributed by atoms with E-state index in [2.05, 4.69) is 5.16 Å². The lowest BCUT2D eigenvalue weighted by molar-refractivity contribution is -0.318. The van der Waals surface area contributed by atoms with Gasteiger partial charge >= 0.3 is 5.97 Å². The number of carbonyl (C=O) groups excluding carboxylic acids is 1. The number of rotatable bonds is 8. The lowest BCUT2D eigenvalue weighted by Gasteiger charge is -2.49. The van der Waals surface area contributed by atoms with Crippen LogP contribution in [0.5, 0.6) is 0 Å². The molecule has 0 amide bonds. The molecule has 3 saturated heterocycles. The van der Waals surface area contributed by atoms with Gasteiger partial charge < -0.3 is 69.2 Å². The van der Waals surface area contributed by atoms with Crippen molar-refractivity contribution < 1.29 is 69.1 Å². The van der Waals surface area contributed by atoms with Crippen LogP contribution in [0, 0.1) is 23.7 Å². The van der Waals surface area contributed by atoms with Crippen LogP contribution < -0.4 is 0 Å². The number of oxime groups is 1. The van der Waals surface area contributed by atoms with Gasteiger partial charge in [-0.3, -0.25) is 4.79 Å². The highest BCUT2D eigenvalue weighted by atomic mass is 16.7. The Kier molecular flexibility index (Phi) is 15.7. The zero-order valence-corrected chi connectivity index (χ0v) is 33.6. The molecule has 3 fully saturated rings. The molecule has 7 N–H and O–H groups in total. The summed E-state index contributed by atoms with van der Waals surface area (Å²) >= 11 is 0. The maximum Gasteiger partial charge on any atom is 0.314 e. The number of likely N-dealkylation sites (N-methyl/N-ethyl adjacent to an activating group) is 1. The molecule has 0 aromatic carbocycles. The molecule has 16 nitrogen and oxygen atoms in total. The Bertz CT molecular complexity index is 1220. The summed E-state index contributed by atoms with van der Waals surface area (Å²) in [4.78, 5) is 16.1. The Morgan fingerprint density at radius 3 is 2.11 bits per heavy atom. The summed E-state index contributed by atoms with van der Waals surface area (Å²) in [6.45, 7) is 13.8. The molecule has 0 spiro atoms. The number of methoxy groups -OCH3 is 1. The second-order valence-corrected chi connectivity index (χ2v) is 16.6. The average Bonchev–Trinajstić information content (AvgIpc) is 3.08. The highest BCUT2D eigenvalue weighted by molar-refractivity contribution is 5.88. The van der Waals surface area contributed by atoms with Gasteiger partial charge in [0.2, 0.25) is 0 Å². The van der Waals surface area contributed by atoms with Gasteiger partial charge in [-0.25, -0.2) is 0 Å². The van der Waals surface area contributed by atoms with Crippen molar-refractivity contribution in [2.45, 2.75) is 172 Å². The molecule has 0 radical (unpaired) electrons. The van der Waals surface area contributed by atoms with E-state index in [1.807, 2.05) is 25.9 Å². The maximum absolute atomic E-state index is 14.2. The van der Waals surface area contributed by atoms with E-state index in [9.17, 15) is 40.6 Å². The summed E-state index contributed by atoms with van der Waals surface area (Å²) in [6.07, 6.45) is -10.7. The summed E-state index contributed by atoms with van der Waals surface area (Å²) in [5, 5.41) is 82.7. The normalized spacial score (nSPS) is 49.1. The predicted octanol–water partition coefficient (Wildman–Crippen LogP) is 1.02. The number of cyclic esters (lactones) is 1. The largest absolute Gasteiger partial charge is 0.459 e. The molecule has 16 heteroatoms. The third-order valence-corrected chi connectivity index (χ3v) is 12.0. The minimum atomic E-state index is -2.05. The molecule has 3 rings (SSSR count). The minimum absolute atomic E-state index is 0.0174. The van der Waals surface area contributed by atoms with Gasteiger partial charge in [0, 0.05) is 37.3 Å². The van der Waals surface area contributed by atoms with E-state index in [0.717, 1.165) is 0 Å². The zero-order valence-electron chi connectivity index (χ0n) is 33.6. The SMILES string of the molecule is CC[C@H]1OC(=O)[C@H](CO)[C@@H](O[C@H]2C[C@@](C)(OC)[C@@H](O)[C@H](C)O2)[C@@H](C)C(O[C@@H]2O[C@H](C)C[C@H](N(C)C)[C@H]2O)[C@](C)(O)C[C@@H](C)/C(=N\O)[C@H](C)[C@@H](O)[C@@]1(C)O. The van der Waals surface area contributed by atoms with Gasteiger partial charge in [-0.1, -0.05) is 32.9 Å². The minimum Gasteiger partial charge on any atom is -0.459 e. The fourth-order valence-electron chi connectivity index (χ4n) is 8.66. The van der Waals surface area contributed by atoms with Gasteiger partial charge in [0.15, 0.2) is 12.6 Å². The topological polar surface area (TPSA) is 230 Å². The van der Waals surface area contributed by atoms with Crippen molar-refractivity contribution in [1.29, 1.82) is 0 Å². The summed E-state index contributed by atoms with van der Waals surface area (Å²) < 4.78 is 37.0. The van der Waals surface area contributed by atoms with E-state index in [0.29, 0.717) is 6.42 Å². The van der Waals surface area contributed by atoms with Crippen molar-refractivity contribution in [3.05, 3.63) is 0 Å². The Morgan fingerprint density at radius 2 is 1.58 bits per heavy atom. The van der Waals surface area contributed by atoms with Gasteiger partial charge in [0.1, 0.15) is 29.8 Å². The van der Waals surface area contributed by atoms with Crippen molar-refractivity contribution in [2.24, 2.45) is 28.8 Å². The van der Waals surface area contributed by atoms with Crippen LogP contribution in [0.1, 0.15) is 88.0 Å². The molecule has 0 aromatic heterocycles. The standard InChI is InChI=1S/C37H68N2O14/c1-13-25-37(9,46)30(42)20(4)27(38-47)18(2)15-35(7,45)32(53-34-28(41)24(39(10)11)14-19(3)49-34)21(5)29(23(17-40)33(44)51-25)52-26-16-36(8,48-12)31(43)22(6)50-26/h18-26,28-32,34,40-43,45-47H,13-17H2,1-12H3/b38-27+/t18-,19-,20+,21-,22+,23-,24+,25-,26+,28-,29+,30-,31+,32?,34+,35-,36-,37+/m1/s1. The Labute approximate surface area is 314 Å². The average molecular weight is 765 g/mol. The van der Waals surface area contributed by atoms with E-state index in [1.165, 1.54) is 21.0 Å². The van der Waals surface area contributed by atoms with E-state index < -0.39 is 108 Å². The quantitative estimate of drug-likeness (QED) is 0.104. The molecule has 3 heterocycles. The van der Waals surface area contributed by atoms with Crippen molar-refractivity contribution in [1.82, 2.24) is 4.90 Å². The van der Waals surface area contributed by atoms with Crippen LogP contribution in [0.2, 0.25) is 0 Å². The van der Waals surface area contributed by atoms with E-state index in [-0.39, 0.29) is 37.1 Å². The summed E-state index contributed by atoms with van der Waals surface area (Å²) in [5.74, 6) is -5.10. The molecule has 1 unspecified atom stereocenters. The molecule has 53 heavy (non-hydrogen) atoms.